The van der Waals surface area contributed by atoms with Crippen molar-refractivity contribution in [3.05, 3.63) is 126 Å². The summed E-state index contributed by atoms with van der Waals surface area (Å²) < 4.78 is 5.56. The second-order valence-electron chi connectivity index (χ2n) is 10.5. The highest BCUT2D eigenvalue weighted by Crippen LogP contribution is 2.38. The molecule has 2 aromatic heterocycles. The van der Waals surface area contributed by atoms with Gasteiger partial charge in [-0.25, -0.2) is 0 Å². The summed E-state index contributed by atoms with van der Waals surface area (Å²) in [5, 5.41) is 8.69. The first-order chi connectivity index (χ1) is 20.9. The van der Waals surface area contributed by atoms with E-state index in [0.717, 1.165) is 16.7 Å². The van der Waals surface area contributed by atoms with Crippen LogP contribution in [-0.4, -0.2) is 39.6 Å². The molecule has 0 aliphatic carbocycles. The molecule has 43 heavy (non-hydrogen) atoms. The molecular weight excluding hydrogens is 546 g/mol. The molecule has 10 nitrogen and oxygen atoms in total. The Morgan fingerprint density at radius 2 is 1.86 bits per heavy atom. The molecule has 1 fully saturated rings. The van der Waals surface area contributed by atoms with Crippen LogP contribution in [0.5, 0.6) is 0 Å². The summed E-state index contributed by atoms with van der Waals surface area (Å²) in [5.41, 5.74) is 4.79. The van der Waals surface area contributed by atoms with Gasteiger partial charge in [-0.1, -0.05) is 49.0 Å². The molecule has 216 valence electrons. The van der Waals surface area contributed by atoms with Crippen LogP contribution in [0.1, 0.15) is 57.3 Å². The van der Waals surface area contributed by atoms with E-state index in [4.69, 9.17) is 4.42 Å². The van der Waals surface area contributed by atoms with Crippen molar-refractivity contribution in [1.29, 1.82) is 0 Å². The highest BCUT2D eigenvalue weighted by atomic mass is 16.3. The van der Waals surface area contributed by atoms with Gasteiger partial charge in [0.05, 0.1) is 18.2 Å². The predicted octanol–water partition coefficient (Wildman–Crippen LogP) is 3.97. The number of carbonyl (C=O) groups is 4. The van der Waals surface area contributed by atoms with E-state index in [-0.39, 0.29) is 37.0 Å². The van der Waals surface area contributed by atoms with Crippen LogP contribution in [0.25, 0.3) is 5.70 Å². The summed E-state index contributed by atoms with van der Waals surface area (Å²) in [6.07, 6.45) is 5.56. The molecule has 0 radical (unpaired) electrons. The first kappa shape index (κ1) is 27.6. The highest BCUT2D eigenvalue weighted by molar-refractivity contribution is 6.15. The first-order valence-corrected chi connectivity index (χ1v) is 13.9. The molecule has 2 aromatic carbocycles. The second kappa shape index (κ2) is 11.8. The third-order valence-corrected chi connectivity index (χ3v) is 7.64. The number of anilines is 1. The van der Waals surface area contributed by atoms with Crippen molar-refractivity contribution < 1.29 is 23.6 Å². The van der Waals surface area contributed by atoms with Crippen LogP contribution in [0, 0.1) is 0 Å². The fourth-order valence-corrected chi connectivity index (χ4v) is 5.49. The molecule has 2 aliphatic heterocycles. The molecule has 0 spiro atoms. The van der Waals surface area contributed by atoms with Crippen molar-refractivity contribution in [2.24, 2.45) is 0 Å². The number of furan rings is 1. The first-order valence-electron chi connectivity index (χ1n) is 13.9. The predicted molar refractivity (Wildman–Crippen MR) is 158 cm³/mol. The average molecular weight is 576 g/mol. The minimum Gasteiger partial charge on any atom is -0.467 e. The second-order valence-corrected chi connectivity index (χ2v) is 10.5. The molecule has 2 unspecified atom stereocenters. The zero-order valence-electron chi connectivity index (χ0n) is 23.2. The third kappa shape index (κ3) is 5.67. The summed E-state index contributed by atoms with van der Waals surface area (Å²) in [5.74, 6) is -0.686. The quantitative estimate of drug-likeness (QED) is 0.257. The van der Waals surface area contributed by atoms with Gasteiger partial charge in [0, 0.05) is 47.9 Å². The van der Waals surface area contributed by atoms with E-state index in [1.807, 2.05) is 54.6 Å². The molecule has 0 saturated carbocycles. The van der Waals surface area contributed by atoms with E-state index in [1.54, 1.807) is 30.8 Å². The number of nitrogens with one attached hydrogen (secondary N) is 3. The van der Waals surface area contributed by atoms with E-state index >= 15 is 0 Å². The smallest absolute Gasteiger partial charge is 0.261 e. The lowest BCUT2D eigenvalue weighted by atomic mass is 10.0. The monoisotopic (exact) mass is 575 g/mol. The molecular formula is C33H29N5O5. The van der Waals surface area contributed by atoms with Crippen LogP contribution in [0.4, 0.5) is 5.69 Å². The largest absolute Gasteiger partial charge is 0.467 e. The summed E-state index contributed by atoms with van der Waals surface area (Å²) >= 11 is 0. The molecule has 2 atom stereocenters. The van der Waals surface area contributed by atoms with Crippen molar-refractivity contribution in [3.8, 4) is 0 Å². The lowest BCUT2D eigenvalue weighted by Gasteiger charge is -2.30. The number of pyridine rings is 1. The standard InChI is InChI=1S/C33H29N5O5/c1-20-24-6-2-7-25(30(24)33(42)38(20)26-13-14-28(39)37-32(26)41)35-18-22-11-9-21(10-12-22)17-29(40)36-31(27-8-4-16-43-27)23-5-3-15-34-19-23/h2-12,15-16,19,26,31,35H,1,13-14,17-18H2,(H,36,40)(H,37,39,41). The lowest BCUT2D eigenvalue weighted by molar-refractivity contribution is -0.136. The Balaban J connectivity index is 1.10. The number of carbonyl (C=O) groups excluding carboxylic acids is 4. The highest BCUT2D eigenvalue weighted by Gasteiger charge is 2.42. The molecule has 10 heteroatoms. The fraction of sp³-hybridized carbons (Fsp3) is 0.182. The Hall–Kier alpha value is -5.51. The van der Waals surface area contributed by atoms with Crippen molar-refractivity contribution in [1.82, 2.24) is 20.5 Å². The van der Waals surface area contributed by atoms with Gasteiger partial charge in [-0.3, -0.25) is 34.4 Å². The maximum absolute atomic E-state index is 13.5. The SMILES string of the molecule is C=C1c2cccc(NCc3ccc(CC(=O)NC(c4cccnc4)c4ccco4)cc3)c2C(=O)N1C1CCC(=O)NC1=O. The topological polar surface area (TPSA) is 134 Å². The fourth-order valence-electron chi connectivity index (χ4n) is 5.49. The van der Waals surface area contributed by atoms with Crippen LogP contribution < -0.4 is 16.0 Å². The number of benzene rings is 2. The number of hydrogen-bond acceptors (Lipinski definition) is 7. The summed E-state index contributed by atoms with van der Waals surface area (Å²) in [6.45, 7) is 4.50. The molecule has 4 heterocycles. The number of rotatable bonds is 9. The number of amides is 4. The normalized spacial score (nSPS) is 16.9. The average Bonchev–Trinajstić information content (AvgIpc) is 3.63. The minimum atomic E-state index is -0.776. The van der Waals surface area contributed by atoms with Gasteiger partial charge in [0.25, 0.3) is 5.91 Å². The van der Waals surface area contributed by atoms with E-state index in [2.05, 4.69) is 27.5 Å². The van der Waals surface area contributed by atoms with Crippen LogP contribution in [-0.2, 0) is 27.3 Å². The van der Waals surface area contributed by atoms with Gasteiger partial charge >= 0.3 is 0 Å². The molecule has 1 saturated heterocycles. The van der Waals surface area contributed by atoms with Crippen molar-refractivity contribution in [3.63, 3.8) is 0 Å². The lowest BCUT2D eigenvalue weighted by Crippen LogP contribution is -2.52. The van der Waals surface area contributed by atoms with E-state index in [1.165, 1.54) is 4.90 Å². The van der Waals surface area contributed by atoms with Gasteiger partial charge < -0.3 is 15.1 Å². The molecule has 6 rings (SSSR count). The Morgan fingerprint density at radius 1 is 1.05 bits per heavy atom. The van der Waals surface area contributed by atoms with Crippen LogP contribution in [0.3, 0.4) is 0 Å². The van der Waals surface area contributed by atoms with Gasteiger partial charge in [-0.15, -0.1) is 0 Å². The summed E-state index contributed by atoms with van der Waals surface area (Å²) in [4.78, 5) is 56.1. The van der Waals surface area contributed by atoms with Crippen LogP contribution >= 0.6 is 0 Å². The van der Waals surface area contributed by atoms with E-state index < -0.39 is 18.0 Å². The van der Waals surface area contributed by atoms with Gasteiger partial charge in [0.15, 0.2) is 0 Å². The van der Waals surface area contributed by atoms with Gasteiger partial charge in [-0.05, 0) is 41.8 Å². The minimum absolute atomic E-state index is 0.157. The zero-order valence-corrected chi connectivity index (χ0v) is 23.2. The number of hydrogen-bond donors (Lipinski definition) is 3. The molecule has 4 amide bonds. The Bertz CT molecular complexity index is 1700. The van der Waals surface area contributed by atoms with Gasteiger partial charge in [0.1, 0.15) is 17.8 Å². The van der Waals surface area contributed by atoms with Crippen molar-refractivity contribution in [2.45, 2.75) is 37.9 Å². The maximum Gasteiger partial charge on any atom is 0.261 e. The summed E-state index contributed by atoms with van der Waals surface area (Å²) in [7, 11) is 0. The number of piperidine rings is 1. The number of fused-ring (bicyclic) bond motifs is 1. The van der Waals surface area contributed by atoms with Crippen LogP contribution in [0.15, 0.2) is 96.4 Å². The maximum atomic E-state index is 13.5. The molecule has 3 N–H and O–H groups in total. The third-order valence-electron chi connectivity index (χ3n) is 7.64. The van der Waals surface area contributed by atoms with Crippen molar-refractivity contribution in [2.75, 3.05) is 5.32 Å². The van der Waals surface area contributed by atoms with E-state index in [9.17, 15) is 19.2 Å². The molecule has 4 aromatic rings. The van der Waals surface area contributed by atoms with Crippen molar-refractivity contribution >= 4 is 35.0 Å². The van der Waals surface area contributed by atoms with Gasteiger partial charge in [-0.2, -0.15) is 0 Å². The Kier molecular flexibility index (Phi) is 7.57. The molecule has 0 bridgehead atoms. The van der Waals surface area contributed by atoms with Gasteiger partial charge in [0.2, 0.25) is 17.7 Å². The number of nitrogens with zero attached hydrogens (tertiary/aromatic N) is 2. The van der Waals surface area contributed by atoms with Crippen LogP contribution in [0.2, 0.25) is 0 Å². The molecule has 2 aliphatic rings. The Morgan fingerprint density at radius 3 is 2.58 bits per heavy atom. The Labute approximate surface area is 247 Å². The summed E-state index contributed by atoms with van der Waals surface area (Å²) in [6, 6.07) is 19.2. The number of imide groups is 1. The van der Waals surface area contributed by atoms with E-state index in [0.29, 0.717) is 34.8 Å². The number of aromatic nitrogens is 1. The zero-order chi connectivity index (χ0) is 29.9.